The van der Waals surface area contributed by atoms with Gasteiger partial charge in [0.15, 0.2) is 5.11 Å². The van der Waals surface area contributed by atoms with Crippen molar-refractivity contribution >= 4 is 68.8 Å². The van der Waals surface area contributed by atoms with Crippen LogP contribution in [0.2, 0.25) is 0 Å². The van der Waals surface area contributed by atoms with Gasteiger partial charge in [0, 0.05) is 52.8 Å². The van der Waals surface area contributed by atoms with Gasteiger partial charge in [-0.05, 0) is 204 Å². The van der Waals surface area contributed by atoms with E-state index in [9.17, 15) is 9.59 Å². The van der Waals surface area contributed by atoms with Gasteiger partial charge in [-0.3, -0.25) is 19.4 Å². The minimum atomic E-state index is -0.398. The SMILES string of the molecule is CCN1C(=O)C(=C2c3cc(-c4ccc(N(c5ccc(OC)cc5)c5ccc(OC)cc5)cc4)ccc3-c3ccc(-c4ccc(N(c5ccc(OC)cc5)c5ccc(OC)cc5)cc4)cc32)C(=O)N(CC)C1=S. The number of thiocarbonyl (C=S) groups is 1. The molecule has 8 aromatic rings. The van der Waals surface area contributed by atoms with Crippen molar-refractivity contribution in [2.45, 2.75) is 13.8 Å². The summed E-state index contributed by atoms with van der Waals surface area (Å²) in [5.41, 5.74) is 13.8. The fourth-order valence-electron chi connectivity index (χ4n) is 9.62. The highest BCUT2D eigenvalue weighted by Gasteiger charge is 2.42. The molecule has 1 aliphatic heterocycles. The van der Waals surface area contributed by atoms with E-state index >= 15 is 0 Å². The standard InChI is InChI=1S/C61H52N4O6S/c1-7-62-59(66)58(60(67)63(8-2)61(62)72)57-55-37-41(39-9-15-43(16-10-39)64(45-19-27-49(68-3)28-20-45)46-21-29-50(69-4)30-22-46)13-35-53(55)54-36-14-42(38-56(54)57)40-11-17-44(18-12-40)65(47-23-31-51(70-5)32-24-47)48-25-33-52(71-6)34-26-48/h9-38H,7-8H2,1-6H3. The topological polar surface area (TPSA) is 84.0 Å². The first-order chi connectivity index (χ1) is 35.2. The van der Waals surface area contributed by atoms with E-state index in [4.69, 9.17) is 31.2 Å². The van der Waals surface area contributed by atoms with Crippen molar-refractivity contribution in [2.75, 3.05) is 51.3 Å². The van der Waals surface area contributed by atoms with E-state index in [1.807, 2.05) is 111 Å². The molecule has 358 valence electrons. The molecule has 0 radical (unpaired) electrons. The molecule has 0 aromatic heterocycles. The van der Waals surface area contributed by atoms with Gasteiger partial charge >= 0.3 is 0 Å². The van der Waals surface area contributed by atoms with Crippen LogP contribution >= 0.6 is 12.2 Å². The number of hydrogen-bond donors (Lipinski definition) is 0. The van der Waals surface area contributed by atoms with Crippen molar-refractivity contribution in [3.05, 3.63) is 199 Å². The summed E-state index contributed by atoms with van der Waals surface area (Å²) in [6, 6.07) is 61.3. The number of benzene rings is 8. The van der Waals surface area contributed by atoms with Crippen molar-refractivity contribution in [1.82, 2.24) is 9.80 Å². The van der Waals surface area contributed by atoms with E-state index < -0.39 is 11.8 Å². The van der Waals surface area contributed by atoms with Gasteiger partial charge < -0.3 is 28.7 Å². The quantitative estimate of drug-likeness (QED) is 0.0601. The van der Waals surface area contributed by atoms with Crippen molar-refractivity contribution in [1.29, 1.82) is 0 Å². The van der Waals surface area contributed by atoms with Crippen molar-refractivity contribution in [3.8, 4) is 56.4 Å². The molecule has 11 heteroatoms. The zero-order valence-electron chi connectivity index (χ0n) is 40.9. The second-order valence-corrected chi connectivity index (χ2v) is 17.6. The van der Waals surface area contributed by atoms with Crippen molar-refractivity contribution < 1.29 is 28.5 Å². The average molecular weight is 969 g/mol. The first-order valence-corrected chi connectivity index (χ1v) is 24.2. The van der Waals surface area contributed by atoms with Gasteiger partial charge in [0.05, 0.1) is 28.4 Å². The number of methoxy groups -OCH3 is 4. The number of ether oxygens (including phenoxy) is 4. The zero-order valence-corrected chi connectivity index (χ0v) is 41.7. The van der Waals surface area contributed by atoms with Crippen LogP contribution in [0.5, 0.6) is 23.0 Å². The Hall–Kier alpha value is -8.67. The van der Waals surface area contributed by atoms with Crippen LogP contribution in [0.1, 0.15) is 25.0 Å². The van der Waals surface area contributed by atoms with E-state index in [0.717, 1.165) is 102 Å². The second-order valence-electron chi connectivity index (χ2n) is 17.2. The molecule has 72 heavy (non-hydrogen) atoms. The van der Waals surface area contributed by atoms with Crippen LogP contribution < -0.4 is 28.7 Å². The predicted molar refractivity (Wildman–Crippen MR) is 292 cm³/mol. The molecule has 0 atom stereocenters. The molecule has 0 spiro atoms. The lowest BCUT2D eigenvalue weighted by molar-refractivity contribution is -0.133. The Kier molecular flexibility index (Phi) is 13.0. The largest absolute Gasteiger partial charge is 0.497 e. The number of carbonyl (C=O) groups is 2. The number of nitrogens with zero attached hydrogens (tertiary/aromatic N) is 4. The lowest BCUT2D eigenvalue weighted by atomic mass is 9.91. The zero-order chi connectivity index (χ0) is 50.0. The summed E-state index contributed by atoms with van der Waals surface area (Å²) in [5.74, 6) is 2.28. The fraction of sp³-hybridized carbons (Fsp3) is 0.131. The fourth-order valence-corrected chi connectivity index (χ4v) is 10.0. The van der Waals surface area contributed by atoms with Gasteiger partial charge in [0.2, 0.25) is 0 Å². The number of carbonyl (C=O) groups excluding carboxylic acids is 2. The third-order valence-electron chi connectivity index (χ3n) is 13.4. The summed E-state index contributed by atoms with van der Waals surface area (Å²) in [4.78, 5) is 36.7. The predicted octanol–water partition coefficient (Wildman–Crippen LogP) is 13.8. The number of anilines is 6. The molecular formula is C61H52N4O6S. The Morgan fingerprint density at radius 3 is 0.889 bits per heavy atom. The summed E-state index contributed by atoms with van der Waals surface area (Å²) < 4.78 is 21.9. The van der Waals surface area contributed by atoms with E-state index in [1.54, 1.807) is 28.4 Å². The van der Waals surface area contributed by atoms with Gasteiger partial charge in [-0.1, -0.05) is 48.5 Å². The van der Waals surface area contributed by atoms with Crippen LogP contribution in [0.4, 0.5) is 34.1 Å². The summed E-state index contributed by atoms with van der Waals surface area (Å²) in [6.07, 6.45) is 0. The molecule has 1 aliphatic carbocycles. The maximum atomic E-state index is 14.7. The highest BCUT2D eigenvalue weighted by molar-refractivity contribution is 7.80. The number of likely N-dealkylation sites (N-methyl/N-ethyl adjacent to an activating group) is 2. The maximum Gasteiger partial charge on any atom is 0.266 e. The first kappa shape index (κ1) is 47.0. The molecule has 10 rings (SSSR count). The van der Waals surface area contributed by atoms with Crippen LogP contribution in [0.25, 0.3) is 39.0 Å². The highest BCUT2D eigenvalue weighted by Crippen LogP contribution is 2.50. The van der Waals surface area contributed by atoms with E-state index in [1.165, 1.54) is 9.80 Å². The number of rotatable bonds is 14. The maximum absolute atomic E-state index is 14.7. The number of amides is 2. The third kappa shape index (κ3) is 8.58. The summed E-state index contributed by atoms with van der Waals surface area (Å²) >= 11 is 5.74. The van der Waals surface area contributed by atoms with Crippen LogP contribution in [-0.2, 0) is 9.59 Å². The second kappa shape index (κ2) is 20.0. The van der Waals surface area contributed by atoms with Gasteiger partial charge in [-0.2, -0.15) is 0 Å². The van der Waals surface area contributed by atoms with Crippen LogP contribution in [0.3, 0.4) is 0 Å². The minimum absolute atomic E-state index is 0.108. The summed E-state index contributed by atoms with van der Waals surface area (Å²) in [6.45, 7) is 4.41. The van der Waals surface area contributed by atoms with Gasteiger partial charge in [-0.25, -0.2) is 0 Å². The lowest BCUT2D eigenvalue weighted by Crippen LogP contribution is -2.56. The third-order valence-corrected chi connectivity index (χ3v) is 13.8. The number of fused-ring (bicyclic) bond motifs is 3. The van der Waals surface area contributed by atoms with E-state index in [0.29, 0.717) is 18.7 Å². The Morgan fingerprint density at radius 1 is 0.361 bits per heavy atom. The van der Waals surface area contributed by atoms with Crippen molar-refractivity contribution in [3.63, 3.8) is 0 Å². The number of hydrogen-bond acceptors (Lipinski definition) is 9. The molecule has 0 bridgehead atoms. The normalized spacial score (nSPS) is 12.9. The lowest BCUT2D eigenvalue weighted by Gasteiger charge is -2.36. The van der Waals surface area contributed by atoms with Gasteiger partial charge in [-0.15, -0.1) is 0 Å². The Bertz CT molecular complexity index is 3040. The molecule has 1 fully saturated rings. The Balaban J connectivity index is 1.05. The molecule has 1 heterocycles. The Labute approximate surface area is 425 Å². The van der Waals surface area contributed by atoms with Crippen LogP contribution in [0.15, 0.2) is 188 Å². The van der Waals surface area contributed by atoms with E-state index in [2.05, 4.69) is 94.7 Å². The van der Waals surface area contributed by atoms with E-state index in [-0.39, 0.29) is 10.7 Å². The molecule has 2 aliphatic rings. The summed E-state index contributed by atoms with van der Waals surface area (Å²) in [5, 5.41) is 0.220. The molecule has 0 unspecified atom stereocenters. The molecular weight excluding hydrogens is 917 g/mol. The smallest absolute Gasteiger partial charge is 0.266 e. The monoisotopic (exact) mass is 968 g/mol. The summed E-state index contributed by atoms with van der Waals surface area (Å²) in [7, 11) is 6.64. The average Bonchev–Trinajstić information content (AvgIpc) is 3.74. The highest BCUT2D eigenvalue weighted by atomic mass is 32.1. The Morgan fingerprint density at radius 2 is 0.625 bits per heavy atom. The van der Waals surface area contributed by atoms with Crippen LogP contribution in [-0.4, -0.2) is 68.3 Å². The molecule has 0 N–H and O–H groups in total. The van der Waals surface area contributed by atoms with Crippen molar-refractivity contribution in [2.24, 2.45) is 0 Å². The molecule has 0 saturated carbocycles. The van der Waals surface area contributed by atoms with Gasteiger partial charge in [0.1, 0.15) is 28.6 Å². The van der Waals surface area contributed by atoms with Gasteiger partial charge in [0.25, 0.3) is 11.8 Å². The minimum Gasteiger partial charge on any atom is -0.497 e. The first-order valence-electron chi connectivity index (χ1n) is 23.7. The molecule has 10 nitrogen and oxygen atoms in total. The molecule has 1 saturated heterocycles. The molecule has 2 amide bonds. The molecule has 8 aromatic carbocycles. The van der Waals surface area contributed by atoms with Crippen LogP contribution in [0, 0.1) is 0 Å².